The van der Waals surface area contributed by atoms with Crippen LogP contribution < -0.4 is 16.0 Å². The molecule has 0 radical (unpaired) electrons. The summed E-state index contributed by atoms with van der Waals surface area (Å²) < 4.78 is 15.7. The summed E-state index contributed by atoms with van der Waals surface area (Å²) in [7, 11) is 4.29. The number of hydrogen-bond donors (Lipinski definition) is 0. The molecule has 0 amide bonds. The number of ether oxygens (including phenoxy) is 2. The van der Waals surface area contributed by atoms with Gasteiger partial charge in [-0.15, -0.1) is 0 Å². The van der Waals surface area contributed by atoms with Crippen molar-refractivity contribution in [2.75, 3.05) is 14.2 Å². The Balaban J connectivity index is 2.11. The van der Waals surface area contributed by atoms with E-state index in [4.69, 9.17) is 4.74 Å². The highest BCUT2D eigenvalue weighted by molar-refractivity contribution is 5.77. The van der Waals surface area contributed by atoms with Crippen LogP contribution in [0.3, 0.4) is 0 Å². The number of fused-ring (bicyclic) bond motifs is 3. The fourth-order valence-electron chi connectivity index (χ4n) is 3.62. The molecule has 1 aromatic carbocycles. The van der Waals surface area contributed by atoms with Crippen molar-refractivity contribution >= 4 is 22.9 Å². The largest absolute Gasteiger partial charge is 0.495 e. The first kappa shape index (κ1) is 19.5. The van der Waals surface area contributed by atoms with Gasteiger partial charge in [0.05, 0.1) is 19.9 Å². The Bertz CT molecular complexity index is 1440. The number of esters is 1. The van der Waals surface area contributed by atoms with E-state index in [1.54, 1.807) is 17.7 Å². The Morgan fingerprint density at radius 2 is 1.90 bits per heavy atom. The molecule has 0 fully saturated rings. The standard InChI is InChI=1S/C20H21N5O5/c1-11-6-7-14(29-4)13(8-11)25-12(2)9-23-16-17(21-19(23)25)22(3)20(28)24(18(16)27)10-15(26)30-5/h6-9H,10H2,1-5H3. The first-order valence-corrected chi connectivity index (χ1v) is 9.20. The maximum atomic E-state index is 13.1. The number of rotatable bonds is 4. The summed E-state index contributed by atoms with van der Waals surface area (Å²) in [6.07, 6.45) is 1.76. The van der Waals surface area contributed by atoms with Crippen LogP contribution in [0.2, 0.25) is 0 Å². The van der Waals surface area contributed by atoms with E-state index in [2.05, 4.69) is 9.72 Å². The normalized spacial score (nSPS) is 11.4. The van der Waals surface area contributed by atoms with Gasteiger partial charge in [-0.2, -0.15) is 4.98 Å². The Kier molecular flexibility index (Phi) is 4.49. The molecule has 0 spiro atoms. The van der Waals surface area contributed by atoms with Crippen molar-refractivity contribution in [2.24, 2.45) is 7.05 Å². The van der Waals surface area contributed by atoms with E-state index in [0.29, 0.717) is 11.5 Å². The first-order chi connectivity index (χ1) is 14.3. The van der Waals surface area contributed by atoms with E-state index in [0.717, 1.165) is 21.5 Å². The molecule has 30 heavy (non-hydrogen) atoms. The molecule has 0 bridgehead atoms. The Hall–Kier alpha value is -3.82. The molecule has 156 valence electrons. The lowest BCUT2D eigenvalue weighted by Gasteiger charge is -2.12. The number of aromatic nitrogens is 5. The average molecular weight is 411 g/mol. The number of carbonyl (C=O) groups is 1. The molecule has 10 nitrogen and oxygen atoms in total. The van der Waals surface area contributed by atoms with Gasteiger partial charge in [-0.3, -0.25) is 23.1 Å². The van der Waals surface area contributed by atoms with Crippen molar-refractivity contribution in [1.82, 2.24) is 23.1 Å². The van der Waals surface area contributed by atoms with Crippen LogP contribution in [0, 0.1) is 13.8 Å². The zero-order chi connectivity index (χ0) is 21.7. The minimum Gasteiger partial charge on any atom is -0.495 e. The highest BCUT2D eigenvalue weighted by Gasteiger charge is 2.22. The summed E-state index contributed by atoms with van der Waals surface area (Å²) in [6.45, 7) is 3.38. The van der Waals surface area contributed by atoms with Crippen LogP contribution in [0.4, 0.5) is 0 Å². The fraction of sp³-hybridized carbons (Fsp3) is 0.300. The molecule has 0 saturated heterocycles. The lowest BCUT2D eigenvalue weighted by atomic mass is 10.2. The lowest BCUT2D eigenvalue weighted by Crippen LogP contribution is -2.41. The monoisotopic (exact) mass is 411 g/mol. The van der Waals surface area contributed by atoms with Gasteiger partial charge in [0.2, 0.25) is 5.78 Å². The van der Waals surface area contributed by atoms with Crippen molar-refractivity contribution in [2.45, 2.75) is 20.4 Å². The van der Waals surface area contributed by atoms with E-state index in [-0.39, 0.29) is 11.2 Å². The molecule has 0 atom stereocenters. The zero-order valence-electron chi connectivity index (χ0n) is 17.3. The van der Waals surface area contributed by atoms with Crippen molar-refractivity contribution < 1.29 is 14.3 Å². The van der Waals surface area contributed by atoms with Gasteiger partial charge < -0.3 is 9.47 Å². The Morgan fingerprint density at radius 1 is 1.17 bits per heavy atom. The number of carbonyl (C=O) groups excluding carboxylic acids is 1. The number of benzene rings is 1. The third-order valence-electron chi connectivity index (χ3n) is 5.12. The minimum atomic E-state index is -0.687. The lowest BCUT2D eigenvalue weighted by molar-refractivity contribution is -0.141. The molecule has 0 aliphatic rings. The summed E-state index contributed by atoms with van der Waals surface area (Å²) in [5, 5.41) is 0. The van der Waals surface area contributed by atoms with E-state index in [1.807, 2.05) is 36.6 Å². The molecular weight excluding hydrogens is 390 g/mol. The highest BCUT2D eigenvalue weighted by atomic mass is 16.5. The van der Waals surface area contributed by atoms with Gasteiger partial charge >= 0.3 is 11.7 Å². The maximum Gasteiger partial charge on any atom is 0.333 e. The summed E-state index contributed by atoms with van der Waals surface area (Å²) in [5.74, 6) is 0.410. The van der Waals surface area contributed by atoms with Crippen molar-refractivity contribution in [3.8, 4) is 11.4 Å². The van der Waals surface area contributed by atoms with Gasteiger partial charge in [-0.1, -0.05) is 6.07 Å². The third-order valence-corrected chi connectivity index (χ3v) is 5.12. The molecule has 0 aliphatic heterocycles. The third kappa shape index (κ3) is 2.71. The number of nitrogens with zero attached hydrogens (tertiary/aromatic N) is 5. The number of imidazole rings is 2. The van der Waals surface area contributed by atoms with Crippen LogP contribution >= 0.6 is 0 Å². The number of aryl methyl sites for hydroxylation is 3. The van der Waals surface area contributed by atoms with Crippen molar-refractivity contribution in [3.63, 3.8) is 0 Å². The number of methoxy groups -OCH3 is 2. The first-order valence-electron chi connectivity index (χ1n) is 9.20. The van der Waals surface area contributed by atoms with E-state index in [1.165, 1.54) is 18.7 Å². The molecule has 0 N–H and O–H groups in total. The molecular formula is C20H21N5O5. The number of hydrogen-bond acceptors (Lipinski definition) is 6. The minimum absolute atomic E-state index is 0.199. The predicted octanol–water partition coefficient (Wildman–Crippen LogP) is 0.937. The molecule has 0 unspecified atom stereocenters. The molecule has 0 saturated carbocycles. The van der Waals surface area contributed by atoms with Crippen molar-refractivity contribution in [1.29, 1.82) is 0 Å². The van der Waals surface area contributed by atoms with Gasteiger partial charge in [0.25, 0.3) is 5.56 Å². The summed E-state index contributed by atoms with van der Waals surface area (Å²) in [5.41, 5.74) is 1.78. The van der Waals surface area contributed by atoms with Gasteiger partial charge in [-0.25, -0.2) is 9.36 Å². The van der Waals surface area contributed by atoms with E-state index < -0.39 is 23.8 Å². The van der Waals surface area contributed by atoms with Gasteiger partial charge in [0.1, 0.15) is 12.3 Å². The molecule has 3 aromatic heterocycles. The van der Waals surface area contributed by atoms with Gasteiger partial charge in [0.15, 0.2) is 11.2 Å². The predicted molar refractivity (Wildman–Crippen MR) is 110 cm³/mol. The second-order valence-electron chi connectivity index (χ2n) is 7.04. The quantitative estimate of drug-likeness (QED) is 0.463. The van der Waals surface area contributed by atoms with Crippen LogP contribution in [-0.2, 0) is 23.1 Å². The zero-order valence-corrected chi connectivity index (χ0v) is 17.3. The second kappa shape index (κ2) is 6.90. The fourth-order valence-corrected chi connectivity index (χ4v) is 3.62. The Labute approximate surface area is 170 Å². The van der Waals surface area contributed by atoms with Crippen molar-refractivity contribution in [3.05, 3.63) is 56.5 Å². The topological polar surface area (TPSA) is 102 Å². The molecule has 10 heteroatoms. The Morgan fingerprint density at radius 3 is 2.57 bits per heavy atom. The molecule has 4 aromatic rings. The van der Waals surface area contributed by atoms with Crippen LogP contribution in [0.5, 0.6) is 5.75 Å². The summed E-state index contributed by atoms with van der Waals surface area (Å²) >= 11 is 0. The SMILES string of the molecule is COC(=O)Cn1c(=O)c2c(nc3n(-c4cc(C)ccc4OC)c(C)cn23)n(C)c1=O. The average Bonchev–Trinajstić information content (AvgIpc) is 3.23. The van der Waals surface area contributed by atoms with Crippen LogP contribution in [0.15, 0.2) is 34.0 Å². The van der Waals surface area contributed by atoms with E-state index in [9.17, 15) is 14.4 Å². The maximum absolute atomic E-state index is 13.1. The van der Waals surface area contributed by atoms with Crippen LogP contribution in [-0.4, -0.2) is 43.3 Å². The summed E-state index contributed by atoms with van der Waals surface area (Å²) in [6, 6.07) is 5.76. The van der Waals surface area contributed by atoms with Crippen LogP contribution in [0.25, 0.3) is 22.6 Å². The molecule has 4 rings (SSSR count). The van der Waals surface area contributed by atoms with Gasteiger partial charge in [0, 0.05) is 18.9 Å². The van der Waals surface area contributed by atoms with E-state index >= 15 is 0 Å². The smallest absolute Gasteiger partial charge is 0.333 e. The highest BCUT2D eigenvalue weighted by Crippen LogP contribution is 2.28. The second-order valence-corrected chi connectivity index (χ2v) is 7.04. The van der Waals surface area contributed by atoms with Gasteiger partial charge in [-0.05, 0) is 31.5 Å². The molecule has 0 aliphatic carbocycles. The molecule has 3 heterocycles. The summed E-state index contributed by atoms with van der Waals surface area (Å²) in [4.78, 5) is 42.1. The van der Waals surface area contributed by atoms with Crippen LogP contribution in [0.1, 0.15) is 11.3 Å².